The van der Waals surface area contributed by atoms with Crippen LogP contribution in [0.1, 0.15) is 36.0 Å². The van der Waals surface area contributed by atoms with E-state index in [1.165, 1.54) is 12.1 Å². The zero-order valence-corrected chi connectivity index (χ0v) is 11.9. The first-order valence-corrected chi connectivity index (χ1v) is 7.42. The number of likely N-dealkylation sites (tertiary alicyclic amines) is 1. The topological polar surface area (TPSA) is 29.5 Å². The van der Waals surface area contributed by atoms with Crippen LogP contribution in [0.3, 0.4) is 0 Å². The maximum absolute atomic E-state index is 13.9. The van der Waals surface area contributed by atoms with E-state index in [0.717, 1.165) is 32.3 Å². The van der Waals surface area contributed by atoms with Crippen LogP contribution in [-0.2, 0) is 4.74 Å². The number of hydrogen-bond donors (Lipinski definition) is 0. The molecule has 5 heteroatoms. The zero-order valence-electron chi connectivity index (χ0n) is 11.1. The summed E-state index contributed by atoms with van der Waals surface area (Å²) in [5.74, 6) is -0.808. The van der Waals surface area contributed by atoms with E-state index >= 15 is 0 Å². The van der Waals surface area contributed by atoms with Crippen molar-refractivity contribution >= 4 is 17.5 Å². The summed E-state index contributed by atoms with van der Waals surface area (Å²) in [7, 11) is 0. The molecule has 2 atom stereocenters. The summed E-state index contributed by atoms with van der Waals surface area (Å²) in [4.78, 5) is 14.3. The second kappa shape index (κ2) is 5.70. The summed E-state index contributed by atoms with van der Waals surface area (Å²) in [6.07, 6.45) is 4.02. The molecule has 0 radical (unpaired) electrons. The minimum Gasteiger partial charge on any atom is -0.376 e. The Hall–Kier alpha value is -1.13. The van der Waals surface area contributed by atoms with Crippen LogP contribution < -0.4 is 0 Å². The van der Waals surface area contributed by atoms with Gasteiger partial charge in [-0.3, -0.25) is 4.79 Å². The maximum Gasteiger partial charge on any atom is 0.257 e. The lowest BCUT2D eigenvalue weighted by molar-refractivity contribution is 0.0338. The fraction of sp³-hybridized carbons (Fsp3) is 0.533. The normalized spacial score (nSPS) is 26.2. The number of carbonyl (C=O) groups excluding carboxylic acids is 1. The van der Waals surface area contributed by atoms with Crippen LogP contribution in [0.2, 0.25) is 5.02 Å². The predicted octanol–water partition coefficient (Wildman–Crippen LogP) is 3.26. The van der Waals surface area contributed by atoms with Gasteiger partial charge >= 0.3 is 0 Å². The molecule has 0 N–H and O–H groups in total. The van der Waals surface area contributed by atoms with Gasteiger partial charge in [-0.2, -0.15) is 0 Å². The molecular formula is C15H17ClFNO2. The highest BCUT2D eigenvalue weighted by atomic mass is 35.5. The van der Waals surface area contributed by atoms with Crippen LogP contribution in [0.4, 0.5) is 4.39 Å². The minimum atomic E-state index is -0.555. The van der Waals surface area contributed by atoms with Gasteiger partial charge in [-0.25, -0.2) is 4.39 Å². The number of hydrogen-bond acceptors (Lipinski definition) is 2. The Balaban J connectivity index is 1.81. The van der Waals surface area contributed by atoms with E-state index in [-0.39, 0.29) is 23.6 Å². The van der Waals surface area contributed by atoms with Crippen molar-refractivity contribution in [1.29, 1.82) is 0 Å². The molecule has 2 aliphatic heterocycles. The molecule has 0 spiro atoms. The van der Waals surface area contributed by atoms with Crippen molar-refractivity contribution < 1.29 is 13.9 Å². The van der Waals surface area contributed by atoms with Crippen molar-refractivity contribution in [1.82, 2.24) is 4.90 Å². The Morgan fingerprint density at radius 2 is 2.20 bits per heavy atom. The Bertz CT molecular complexity index is 517. The average Bonchev–Trinajstić information content (AvgIpc) is 3.09. The van der Waals surface area contributed by atoms with E-state index in [1.807, 2.05) is 0 Å². The number of rotatable bonds is 2. The summed E-state index contributed by atoms with van der Waals surface area (Å²) in [6, 6.07) is 4.28. The monoisotopic (exact) mass is 297 g/mol. The third-order valence-electron chi connectivity index (χ3n) is 4.12. The summed E-state index contributed by atoms with van der Waals surface area (Å²) in [6.45, 7) is 1.43. The predicted molar refractivity (Wildman–Crippen MR) is 74.4 cm³/mol. The van der Waals surface area contributed by atoms with E-state index in [9.17, 15) is 9.18 Å². The highest BCUT2D eigenvalue weighted by Gasteiger charge is 2.37. The second-order valence-electron chi connectivity index (χ2n) is 5.38. The van der Waals surface area contributed by atoms with Gasteiger partial charge in [-0.05, 0) is 43.9 Å². The van der Waals surface area contributed by atoms with Crippen molar-refractivity contribution in [3.05, 3.63) is 34.6 Å². The van der Waals surface area contributed by atoms with Crippen molar-refractivity contribution in [3.8, 4) is 0 Å². The largest absolute Gasteiger partial charge is 0.376 e. The Morgan fingerprint density at radius 3 is 2.90 bits per heavy atom. The maximum atomic E-state index is 13.9. The molecule has 3 rings (SSSR count). The third-order valence-corrected chi connectivity index (χ3v) is 4.35. The van der Waals surface area contributed by atoms with Crippen LogP contribution >= 0.6 is 11.6 Å². The zero-order chi connectivity index (χ0) is 14.1. The average molecular weight is 298 g/mol. The summed E-state index contributed by atoms with van der Waals surface area (Å²) in [5, 5.41) is 0.302. The Kier molecular flexibility index (Phi) is 3.94. The van der Waals surface area contributed by atoms with Crippen molar-refractivity contribution in [2.45, 2.75) is 37.8 Å². The SMILES string of the molecule is O=C(c1ccc(Cl)cc1F)N1CCC[C@H]1[C@@H]1CCCO1. The Labute approximate surface area is 122 Å². The van der Waals surface area contributed by atoms with E-state index < -0.39 is 5.82 Å². The fourth-order valence-corrected chi connectivity index (χ4v) is 3.31. The molecule has 3 nitrogen and oxygen atoms in total. The van der Waals surface area contributed by atoms with Gasteiger partial charge in [-0.15, -0.1) is 0 Å². The van der Waals surface area contributed by atoms with E-state index in [4.69, 9.17) is 16.3 Å². The van der Waals surface area contributed by atoms with Crippen LogP contribution in [0, 0.1) is 5.82 Å². The second-order valence-corrected chi connectivity index (χ2v) is 5.82. The highest BCUT2D eigenvalue weighted by molar-refractivity contribution is 6.30. The van der Waals surface area contributed by atoms with Crippen molar-refractivity contribution in [2.24, 2.45) is 0 Å². The molecule has 2 saturated heterocycles. The summed E-state index contributed by atoms with van der Waals surface area (Å²) < 4.78 is 19.6. The number of benzene rings is 1. The van der Waals surface area contributed by atoms with E-state index in [0.29, 0.717) is 11.6 Å². The molecule has 0 unspecified atom stereocenters. The first kappa shape index (κ1) is 13.8. The highest BCUT2D eigenvalue weighted by Crippen LogP contribution is 2.29. The Morgan fingerprint density at radius 1 is 1.35 bits per heavy atom. The summed E-state index contributed by atoms with van der Waals surface area (Å²) >= 11 is 5.73. The fourth-order valence-electron chi connectivity index (χ4n) is 3.15. The van der Waals surface area contributed by atoms with Crippen molar-refractivity contribution in [2.75, 3.05) is 13.2 Å². The van der Waals surface area contributed by atoms with Gasteiger partial charge in [0.1, 0.15) is 5.82 Å². The van der Waals surface area contributed by atoms with Crippen LogP contribution in [0.15, 0.2) is 18.2 Å². The molecule has 1 aromatic rings. The molecule has 1 amide bonds. The molecule has 0 aliphatic carbocycles. The van der Waals surface area contributed by atoms with Gasteiger partial charge in [0.05, 0.1) is 17.7 Å². The molecule has 2 fully saturated rings. The molecule has 0 bridgehead atoms. The van der Waals surface area contributed by atoms with Gasteiger partial charge in [0.2, 0.25) is 0 Å². The first-order valence-electron chi connectivity index (χ1n) is 7.04. The molecule has 108 valence electrons. The number of halogens is 2. The van der Waals surface area contributed by atoms with Gasteiger partial charge in [-0.1, -0.05) is 11.6 Å². The molecule has 1 aromatic carbocycles. The lowest BCUT2D eigenvalue weighted by atomic mass is 10.0. The van der Waals surface area contributed by atoms with E-state index in [1.54, 1.807) is 11.0 Å². The molecule has 2 aliphatic rings. The molecule has 20 heavy (non-hydrogen) atoms. The van der Waals surface area contributed by atoms with Gasteiger partial charge < -0.3 is 9.64 Å². The molecule has 0 saturated carbocycles. The van der Waals surface area contributed by atoms with Crippen LogP contribution in [-0.4, -0.2) is 36.1 Å². The molecular weight excluding hydrogens is 281 g/mol. The molecule has 2 heterocycles. The van der Waals surface area contributed by atoms with Gasteiger partial charge in [0, 0.05) is 18.2 Å². The van der Waals surface area contributed by atoms with Crippen LogP contribution in [0.5, 0.6) is 0 Å². The molecule has 0 aromatic heterocycles. The standard InChI is InChI=1S/C15H17ClFNO2/c16-10-5-6-11(12(17)9-10)15(19)18-7-1-3-13(18)14-4-2-8-20-14/h5-6,9,13-14H,1-4,7-8H2/t13-,14-/m0/s1. The number of amides is 1. The number of nitrogens with zero attached hydrogens (tertiary/aromatic N) is 1. The van der Waals surface area contributed by atoms with Gasteiger partial charge in [0.15, 0.2) is 0 Å². The quantitative estimate of drug-likeness (QED) is 0.838. The number of carbonyl (C=O) groups is 1. The van der Waals surface area contributed by atoms with Gasteiger partial charge in [0.25, 0.3) is 5.91 Å². The van der Waals surface area contributed by atoms with Crippen molar-refractivity contribution in [3.63, 3.8) is 0 Å². The summed E-state index contributed by atoms with van der Waals surface area (Å²) in [5.41, 5.74) is 0.0966. The third kappa shape index (κ3) is 2.54. The lowest BCUT2D eigenvalue weighted by Crippen LogP contribution is -2.42. The van der Waals surface area contributed by atoms with E-state index in [2.05, 4.69) is 0 Å². The lowest BCUT2D eigenvalue weighted by Gasteiger charge is -2.29. The smallest absolute Gasteiger partial charge is 0.257 e. The van der Waals surface area contributed by atoms with Crippen LogP contribution in [0.25, 0.3) is 0 Å². The number of ether oxygens (including phenoxy) is 1. The minimum absolute atomic E-state index is 0.0834. The first-order chi connectivity index (χ1) is 9.66.